The number of ether oxygens (including phenoxy) is 3. The van der Waals surface area contributed by atoms with E-state index in [4.69, 9.17) is 22.8 Å². The fourth-order valence-corrected chi connectivity index (χ4v) is 7.76. The Labute approximate surface area is 247 Å². The second-order valence-electron chi connectivity index (χ2n) is 10.2. The molecule has 0 atom stereocenters. The van der Waals surface area contributed by atoms with E-state index in [1.165, 1.54) is 38.9 Å². The van der Waals surface area contributed by atoms with Gasteiger partial charge in [-0.2, -0.15) is 0 Å². The molecule has 0 aromatic heterocycles. The zero-order chi connectivity index (χ0) is 29.8. The number of carbonyl (C=O) groups excluding carboxylic acids is 2. The standard InChI is InChI=1S/C31H51NO8Si/c1-5-38-41(39-6-2,40-7-3)25-9-22-32-31(34)37-23-8-10-26-11-13-28(14-12-26)21-24-36-29-18-15-27(16-19-29)17-20-30(33)35-4/h15-20,26,28H,5-14,21-25H2,1-4H3,(H,32,34)/b20-17+. The van der Waals surface area contributed by atoms with Crippen LogP contribution in [0.5, 0.6) is 5.75 Å². The van der Waals surface area contributed by atoms with Gasteiger partial charge in [0.2, 0.25) is 0 Å². The maximum atomic E-state index is 12.1. The lowest BCUT2D eigenvalue weighted by molar-refractivity contribution is -0.134. The second-order valence-corrected chi connectivity index (χ2v) is 13.0. The van der Waals surface area contributed by atoms with Crippen molar-refractivity contribution in [1.29, 1.82) is 0 Å². The predicted molar refractivity (Wildman–Crippen MR) is 162 cm³/mol. The van der Waals surface area contributed by atoms with Gasteiger partial charge in [0.05, 0.1) is 20.3 Å². The largest absolute Gasteiger partial charge is 0.500 e. The molecule has 1 aliphatic rings. The fourth-order valence-electron chi connectivity index (χ4n) is 5.14. The summed E-state index contributed by atoms with van der Waals surface area (Å²) in [6.07, 6.45) is 11.4. The first-order valence-electron chi connectivity index (χ1n) is 15.2. The van der Waals surface area contributed by atoms with Gasteiger partial charge in [-0.25, -0.2) is 9.59 Å². The fraction of sp³-hybridized carbons (Fsp3) is 0.677. The number of esters is 1. The summed E-state index contributed by atoms with van der Waals surface area (Å²) in [5.41, 5.74) is 0.925. The van der Waals surface area contributed by atoms with Gasteiger partial charge in [-0.15, -0.1) is 0 Å². The minimum atomic E-state index is -2.67. The topological polar surface area (TPSA) is 102 Å². The Balaban J connectivity index is 1.52. The number of amides is 1. The molecule has 0 saturated heterocycles. The third-order valence-electron chi connectivity index (χ3n) is 7.27. The van der Waals surface area contributed by atoms with Gasteiger partial charge < -0.3 is 32.8 Å². The highest BCUT2D eigenvalue weighted by molar-refractivity contribution is 6.60. The van der Waals surface area contributed by atoms with Crippen molar-refractivity contribution in [2.75, 3.05) is 46.7 Å². The Hall–Kier alpha value is -2.40. The van der Waals surface area contributed by atoms with Crippen LogP contribution in [0.4, 0.5) is 4.79 Å². The first kappa shape index (κ1) is 34.8. The van der Waals surface area contributed by atoms with Crippen molar-refractivity contribution in [1.82, 2.24) is 5.32 Å². The highest BCUT2D eigenvalue weighted by atomic mass is 28.4. The molecule has 10 heteroatoms. The summed E-state index contributed by atoms with van der Waals surface area (Å²) in [6, 6.07) is 8.37. The Kier molecular flexibility index (Phi) is 17.4. The average Bonchev–Trinajstić information content (AvgIpc) is 2.98. The van der Waals surface area contributed by atoms with E-state index < -0.39 is 8.80 Å². The molecular formula is C31H51NO8Si. The van der Waals surface area contributed by atoms with E-state index >= 15 is 0 Å². The molecule has 1 amide bonds. The van der Waals surface area contributed by atoms with E-state index in [-0.39, 0.29) is 12.1 Å². The summed E-state index contributed by atoms with van der Waals surface area (Å²) in [5, 5.41) is 2.83. The monoisotopic (exact) mass is 593 g/mol. The van der Waals surface area contributed by atoms with E-state index in [2.05, 4.69) is 10.1 Å². The Bertz CT molecular complexity index is 870. The normalized spacial score (nSPS) is 17.4. The molecule has 0 unspecified atom stereocenters. The molecule has 0 heterocycles. The Morgan fingerprint density at radius 1 is 0.878 bits per heavy atom. The lowest BCUT2D eigenvalue weighted by atomic mass is 9.79. The lowest BCUT2D eigenvalue weighted by Crippen LogP contribution is -2.46. The first-order valence-corrected chi connectivity index (χ1v) is 17.2. The molecule has 0 radical (unpaired) electrons. The highest BCUT2D eigenvalue weighted by Gasteiger charge is 2.39. The minimum Gasteiger partial charge on any atom is -0.494 e. The van der Waals surface area contributed by atoms with Crippen LogP contribution in [-0.4, -0.2) is 67.6 Å². The smallest absolute Gasteiger partial charge is 0.494 e. The molecule has 1 saturated carbocycles. The van der Waals surface area contributed by atoms with Gasteiger partial charge >= 0.3 is 20.9 Å². The molecule has 1 N–H and O–H groups in total. The van der Waals surface area contributed by atoms with Crippen molar-refractivity contribution in [3.05, 3.63) is 35.9 Å². The van der Waals surface area contributed by atoms with Crippen LogP contribution < -0.4 is 10.1 Å². The molecule has 1 aromatic carbocycles. The van der Waals surface area contributed by atoms with Crippen molar-refractivity contribution < 1.29 is 37.1 Å². The van der Waals surface area contributed by atoms with Crippen LogP contribution in [0.2, 0.25) is 6.04 Å². The first-order chi connectivity index (χ1) is 19.9. The third-order valence-corrected chi connectivity index (χ3v) is 10.4. The molecule has 0 aliphatic heterocycles. The summed E-state index contributed by atoms with van der Waals surface area (Å²) in [7, 11) is -1.31. The van der Waals surface area contributed by atoms with Crippen molar-refractivity contribution >= 4 is 26.9 Å². The summed E-state index contributed by atoms with van der Waals surface area (Å²) >= 11 is 0. The van der Waals surface area contributed by atoms with Crippen molar-refractivity contribution in [2.45, 2.75) is 78.2 Å². The summed E-state index contributed by atoms with van der Waals surface area (Å²) in [4.78, 5) is 23.3. The second kappa shape index (κ2) is 20.5. The average molecular weight is 594 g/mol. The number of hydrogen-bond donors (Lipinski definition) is 1. The molecule has 1 fully saturated rings. The maximum absolute atomic E-state index is 12.1. The molecule has 0 spiro atoms. The molecular weight excluding hydrogens is 542 g/mol. The van der Waals surface area contributed by atoms with Gasteiger partial charge in [-0.05, 0) is 82.1 Å². The quantitative estimate of drug-likeness (QED) is 0.0803. The van der Waals surface area contributed by atoms with Gasteiger partial charge in [0.15, 0.2) is 0 Å². The number of benzene rings is 1. The number of nitrogens with one attached hydrogen (secondary N) is 1. The summed E-state index contributed by atoms with van der Waals surface area (Å²) in [6.45, 7) is 9.14. The zero-order valence-electron chi connectivity index (χ0n) is 25.5. The minimum absolute atomic E-state index is 0.363. The molecule has 2 rings (SSSR count). The molecule has 41 heavy (non-hydrogen) atoms. The van der Waals surface area contributed by atoms with Crippen LogP contribution >= 0.6 is 0 Å². The Morgan fingerprint density at radius 3 is 2.07 bits per heavy atom. The number of carbonyl (C=O) groups is 2. The Morgan fingerprint density at radius 2 is 1.49 bits per heavy atom. The summed E-state index contributed by atoms with van der Waals surface area (Å²) < 4.78 is 33.5. The van der Waals surface area contributed by atoms with Crippen LogP contribution in [0.15, 0.2) is 30.3 Å². The van der Waals surface area contributed by atoms with Crippen molar-refractivity contribution in [3.8, 4) is 5.75 Å². The highest BCUT2D eigenvalue weighted by Crippen LogP contribution is 2.33. The van der Waals surface area contributed by atoms with Crippen LogP contribution in [0.1, 0.15) is 77.7 Å². The lowest BCUT2D eigenvalue weighted by Gasteiger charge is -2.28. The number of alkyl carbamates (subject to hydrolysis) is 1. The molecule has 9 nitrogen and oxygen atoms in total. The summed E-state index contributed by atoms with van der Waals surface area (Å²) in [5.74, 6) is 1.88. The van der Waals surface area contributed by atoms with E-state index in [0.29, 0.717) is 57.5 Å². The van der Waals surface area contributed by atoms with Crippen LogP contribution in [0.25, 0.3) is 6.08 Å². The van der Waals surface area contributed by atoms with E-state index in [1.54, 1.807) is 6.08 Å². The number of rotatable bonds is 20. The van der Waals surface area contributed by atoms with Crippen molar-refractivity contribution in [3.63, 3.8) is 0 Å². The van der Waals surface area contributed by atoms with Crippen LogP contribution in [-0.2, 0) is 27.5 Å². The van der Waals surface area contributed by atoms with Gasteiger partial charge in [-0.1, -0.05) is 37.8 Å². The van der Waals surface area contributed by atoms with Gasteiger partial charge in [0, 0.05) is 38.5 Å². The molecule has 232 valence electrons. The van der Waals surface area contributed by atoms with E-state index in [9.17, 15) is 9.59 Å². The van der Waals surface area contributed by atoms with Crippen molar-refractivity contribution in [2.24, 2.45) is 11.8 Å². The van der Waals surface area contributed by atoms with Gasteiger partial charge in [-0.3, -0.25) is 0 Å². The van der Waals surface area contributed by atoms with E-state index in [0.717, 1.165) is 37.0 Å². The number of hydrogen-bond acceptors (Lipinski definition) is 8. The van der Waals surface area contributed by atoms with E-state index in [1.807, 2.05) is 45.0 Å². The van der Waals surface area contributed by atoms with Gasteiger partial charge in [0.25, 0.3) is 0 Å². The third kappa shape index (κ3) is 14.4. The maximum Gasteiger partial charge on any atom is 0.500 e. The zero-order valence-corrected chi connectivity index (χ0v) is 26.5. The molecule has 1 aliphatic carbocycles. The number of methoxy groups -OCH3 is 1. The van der Waals surface area contributed by atoms with Gasteiger partial charge in [0.1, 0.15) is 5.75 Å². The predicted octanol–water partition coefficient (Wildman–Crippen LogP) is 6.39. The van der Waals surface area contributed by atoms with Crippen LogP contribution in [0, 0.1) is 11.8 Å². The molecule has 0 bridgehead atoms. The molecule has 1 aromatic rings. The SMILES string of the molecule is CCO[Si](CCCNC(=O)OCCCC1CCC(CCOc2ccc(/C=C/C(=O)OC)cc2)CC1)(OCC)OCC. The van der Waals surface area contributed by atoms with Crippen LogP contribution in [0.3, 0.4) is 0 Å².